The molecule has 0 radical (unpaired) electrons. The lowest BCUT2D eigenvalue weighted by Crippen LogP contribution is -2.52. The molecule has 5 aromatic rings. The number of ether oxygens (including phenoxy) is 1. The molecule has 64 heavy (non-hydrogen) atoms. The van der Waals surface area contributed by atoms with Crippen molar-refractivity contribution in [1.82, 2.24) is 39.8 Å². The molecule has 4 fully saturated rings. The molecule has 7 heterocycles. The monoisotopic (exact) mass is 864 g/mol. The Bertz CT molecular complexity index is 2520. The van der Waals surface area contributed by atoms with Crippen molar-refractivity contribution in [1.29, 1.82) is 0 Å². The molecule has 15 nitrogen and oxygen atoms in total. The summed E-state index contributed by atoms with van der Waals surface area (Å²) in [5.41, 5.74) is 11.5. The molecule has 1 unspecified atom stereocenters. The summed E-state index contributed by atoms with van der Waals surface area (Å²) in [6.07, 6.45) is 11.8. The van der Waals surface area contributed by atoms with Crippen LogP contribution in [0.4, 0.5) is 16.3 Å². The third kappa shape index (κ3) is 8.47. The van der Waals surface area contributed by atoms with Gasteiger partial charge in [0.15, 0.2) is 5.65 Å². The van der Waals surface area contributed by atoms with Gasteiger partial charge in [-0.25, -0.2) is 19.4 Å². The van der Waals surface area contributed by atoms with E-state index in [4.69, 9.17) is 15.6 Å². The summed E-state index contributed by atoms with van der Waals surface area (Å²) in [6, 6.07) is 23.2. The number of imide groups is 1. The number of nitrogen functional groups attached to an aromatic ring is 1. The van der Waals surface area contributed by atoms with Crippen molar-refractivity contribution in [2.75, 3.05) is 49.9 Å². The molecule has 15 heteroatoms. The number of piperidine rings is 4. The van der Waals surface area contributed by atoms with Crippen LogP contribution in [0.3, 0.4) is 0 Å². The fraction of sp³-hybridized carbons (Fsp3) is 0.449. The van der Waals surface area contributed by atoms with Crippen LogP contribution in [-0.2, 0) is 16.1 Å². The maximum Gasteiger partial charge on any atom is 0.320 e. The van der Waals surface area contributed by atoms with Gasteiger partial charge in [-0.05, 0) is 117 Å². The summed E-state index contributed by atoms with van der Waals surface area (Å²) in [4.78, 5) is 68.1. The number of anilines is 2. The van der Waals surface area contributed by atoms with Gasteiger partial charge in [-0.15, -0.1) is 0 Å². The summed E-state index contributed by atoms with van der Waals surface area (Å²) in [5.74, 6) is 2.49. The fourth-order valence-corrected chi connectivity index (χ4v) is 10.6. The molecule has 332 valence electrons. The van der Waals surface area contributed by atoms with E-state index in [-0.39, 0.29) is 36.2 Å². The van der Waals surface area contributed by atoms with Crippen LogP contribution in [0.2, 0.25) is 0 Å². The van der Waals surface area contributed by atoms with Crippen LogP contribution in [0.25, 0.3) is 22.3 Å². The number of amides is 5. The molecule has 0 saturated carbocycles. The number of hydrogen-bond acceptors (Lipinski definition) is 10. The molecule has 3 N–H and O–H groups in total. The van der Waals surface area contributed by atoms with E-state index in [1.165, 1.54) is 25.6 Å². The van der Waals surface area contributed by atoms with E-state index < -0.39 is 6.04 Å². The van der Waals surface area contributed by atoms with Crippen LogP contribution >= 0.6 is 0 Å². The largest absolute Gasteiger partial charge is 0.457 e. The van der Waals surface area contributed by atoms with Crippen molar-refractivity contribution in [3.05, 3.63) is 90.3 Å². The second-order valence-electron chi connectivity index (χ2n) is 18.2. The van der Waals surface area contributed by atoms with Gasteiger partial charge in [0.1, 0.15) is 35.4 Å². The molecule has 0 bridgehead atoms. The fourth-order valence-electron chi connectivity index (χ4n) is 10.6. The number of para-hydroxylation sites is 1. The number of aromatic nitrogens is 4. The van der Waals surface area contributed by atoms with Gasteiger partial charge < -0.3 is 30.1 Å². The Morgan fingerprint density at radius 2 is 1.44 bits per heavy atom. The van der Waals surface area contributed by atoms with Crippen molar-refractivity contribution < 1.29 is 23.9 Å². The van der Waals surface area contributed by atoms with Gasteiger partial charge in [0.25, 0.3) is 5.91 Å². The van der Waals surface area contributed by atoms with E-state index in [2.05, 4.69) is 31.2 Å². The smallest absolute Gasteiger partial charge is 0.320 e. The Morgan fingerprint density at radius 3 is 2.14 bits per heavy atom. The third-order valence-electron chi connectivity index (χ3n) is 14.3. The van der Waals surface area contributed by atoms with Gasteiger partial charge in [0, 0.05) is 69.0 Å². The number of nitrogens with one attached hydrogen (secondary N) is 1. The summed E-state index contributed by atoms with van der Waals surface area (Å²) >= 11 is 0. The van der Waals surface area contributed by atoms with Crippen molar-refractivity contribution in [2.24, 2.45) is 11.8 Å². The first kappa shape index (κ1) is 41.5. The summed E-state index contributed by atoms with van der Waals surface area (Å²) in [7, 11) is 0. The van der Waals surface area contributed by atoms with Crippen LogP contribution in [0.15, 0.2) is 79.1 Å². The van der Waals surface area contributed by atoms with Gasteiger partial charge >= 0.3 is 6.03 Å². The summed E-state index contributed by atoms with van der Waals surface area (Å²) in [6.45, 7) is 5.36. The number of nitrogens with two attached hydrogens (primary N) is 1. The van der Waals surface area contributed by atoms with Crippen molar-refractivity contribution in [3.8, 4) is 22.8 Å². The average Bonchev–Trinajstić information content (AvgIpc) is 3.88. The van der Waals surface area contributed by atoms with E-state index in [0.717, 1.165) is 104 Å². The normalized spacial score (nSPS) is 20.2. The number of hydrogen-bond donors (Lipinski definition) is 2. The topological polar surface area (TPSA) is 172 Å². The van der Waals surface area contributed by atoms with Crippen molar-refractivity contribution in [2.45, 2.75) is 89.3 Å². The van der Waals surface area contributed by atoms with Crippen LogP contribution in [-0.4, -0.2) is 104 Å². The zero-order chi connectivity index (χ0) is 43.7. The van der Waals surface area contributed by atoms with Crippen molar-refractivity contribution in [3.63, 3.8) is 0 Å². The second kappa shape index (κ2) is 17.9. The predicted octanol–water partition coefficient (Wildman–Crippen LogP) is 7.18. The van der Waals surface area contributed by atoms with Gasteiger partial charge in [0.2, 0.25) is 11.8 Å². The zero-order valence-electron chi connectivity index (χ0n) is 36.2. The molecule has 0 spiro atoms. The van der Waals surface area contributed by atoms with E-state index >= 15 is 0 Å². The van der Waals surface area contributed by atoms with E-state index in [1.807, 2.05) is 76.3 Å². The minimum absolute atomic E-state index is 0.0826. The highest BCUT2D eigenvalue weighted by molar-refractivity contribution is 6.05. The predicted molar refractivity (Wildman–Crippen MR) is 242 cm³/mol. The number of benzene rings is 3. The highest BCUT2D eigenvalue weighted by Crippen LogP contribution is 2.37. The number of likely N-dealkylation sites (tertiary alicyclic amines) is 2. The molecule has 2 aromatic heterocycles. The lowest BCUT2D eigenvalue weighted by molar-refractivity contribution is -0.136. The molecule has 0 aliphatic carbocycles. The van der Waals surface area contributed by atoms with E-state index in [0.29, 0.717) is 54.9 Å². The van der Waals surface area contributed by atoms with Crippen LogP contribution in [0.5, 0.6) is 11.5 Å². The molecule has 1 atom stereocenters. The number of nitrogens with zero attached hydrogens (tertiary/aromatic N) is 8. The minimum atomic E-state index is -0.594. The Labute approximate surface area is 372 Å². The Balaban J connectivity index is 0.659. The summed E-state index contributed by atoms with van der Waals surface area (Å²) in [5, 5.41) is 8.20. The van der Waals surface area contributed by atoms with Gasteiger partial charge in [-0.1, -0.05) is 37.5 Å². The number of urea groups is 1. The van der Waals surface area contributed by atoms with Gasteiger partial charge in [0.05, 0.1) is 11.4 Å². The van der Waals surface area contributed by atoms with Gasteiger partial charge in [-0.3, -0.25) is 19.7 Å². The zero-order valence-corrected chi connectivity index (χ0v) is 36.2. The van der Waals surface area contributed by atoms with Crippen LogP contribution < -0.4 is 20.7 Å². The molecule has 5 amide bonds. The Morgan fingerprint density at radius 1 is 0.766 bits per heavy atom. The highest BCUT2D eigenvalue weighted by atomic mass is 16.5. The maximum atomic E-state index is 13.7. The number of carbonyl (C=O) groups is 4. The first-order valence-electron chi connectivity index (χ1n) is 23.1. The molecule has 5 aliphatic heterocycles. The first-order valence-corrected chi connectivity index (χ1v) is 23.1. The highest BCUT2D eigenvalue weighted by Gasteiger charge is 2.39. The lowest BCUT2D eigenvalue weighted by Gasteiger charge is -2.39. The third-order valence-corrected chi connectivity index (χ3v) is 14.3. The molecule has 4 saturated heterocycles. The molecule has 5 aliphatic rings. The van der Waals surface area contributed by atoms with Crippen LogP contribution in [0, 0.1) is 11.8 Å². The number of fused-ring (bicyclic) bond motifs is 2. The Hall–Kier alpha value is -6.51. The Kier molecular flexibility index (Phi) is 11.6. The maximum absolute atomic E-state index is 13.7. The quantitative estimate of drug-likeness (QED) is 0.137. The second-order valence-corrected chi connectivity index (χ2v) is 18.2. The minimum Gasteiger partial charge on any atom is -0.457 e. The van der Waals surface area contributed by atoms with Crippen molar-refractivity contribution >= 4 is 46.3 Å². The molecular weight excluding hydrogens is 809 g/mol. The number of carbonyl (C=O) groups excluding carboxylic acids is 4. The van der Waals surface area contributed by atoms with E-state index in [9.17, 15) is 19.2 Å². The number of rotatable bonds is 10. The van der Waals surface area contributed by atoms with E-state index in [1.54, 1.807) is 4.90 Å². The SMILES string of the molecule is Nc1ncnc2c1c(-c1ccc(Oc3ccccc3)cc1)nn2C1CCN(C(=O)N2CCC(CCCC3CCN(c4ccc5c(c4)CN(C4CCC(=O)NC4=O)C5=O)CC3)CC2)CC1. The summed E-state index contributed by atoms with van der Waals surface area (Å²) < 4.78 is 8.00. The first-order chi connectivity index (χ1) is 31.3. The molecular formula is C49H56N10O5. The molecule has 10 rings (SSSR count). The molecule has 3 aromatic carbocycles. The van der Waals surface area contributed by atoms with Gasteiger partial charge in [-0.2, -0.15) is 5.10 Å². The standard InChI is InChI=1S/C49H56N10O5/c50-45-43-44(34-9-12-39(13-10-34)64-38-7-2-1-3-8-38)54-59(46(43)52-31-51-45)36-21-27-57(28-22-36)49(63)56-25-19-33(20-26-56)6-4-5-32-17-23-55(24-18-32)37-11-14-40-35(29-37)30-58(48(40)62)41-15-16-42(60)53-47(41)61/h1-3,7-14,29,31-33,36,41H,4-6,15-28,30H2,(H2,50,51,52)(H,53,60,61). The van der Waals surface area contributed by atoms with Crippen LogP contribution in [0.1, 0.15) is 92.6 Å². The lowest BCUT2D eigenvalue weighted by atomic mass is 9.86. The average molecular weight is 865 g/mol.